The van der Waals surface area contributed by atoms with E-state index in [2.05, 4.69) is 6.07 Å². The number of carboxylic acid groups (broad SMARTS) is 1. The minimum absolute atomic E-state index is 0.0538. The van der Waals surface area contributed by atoms with Crippen LogP contribution in [0.4, 0.5) is 0 Å². The van der Waals surface area contributed by atoms with Gasteiger partial charge in [0.2, 0.25) is 5.91 Å². The lowest BCUT2D eigenvalue weighted by Gasteiger charge is -2.32. The van der Waals surface area contributed by atoms with E-state index in [-0.39, 0.29) is 17.6 Å². The highest BCUT2D eigenvalue weighted by Crippen LogP contribution is 2.31. The fourth-order valence-electron chi connectivity index (χ4n) is 3.84. The Hall–Kier alpha value is -2.66. The molecule has 2 heterocycles. The molecule has 1 N–H and O–H groups in total. The van der Waals surface area contributed by atoms with Gasteiger partial charge in [-0.2, -0.15) is 0 Å². The average molecular weight is 351 g/mol. The van der Waals surface area contributed by atoms with E-state index in [4.69, 9.17) is 4.74 Å². The van der Waals surface area contributed by atoms with E-state index in [9.17, 15) is 14.7 Å². The molecule has 0 aliphatic carbocycles. The van der Waals surface area contributed by atoms with E-state index in [0.29, 0.717) is 26.1 Å². The lowest BCUT2D eigenvalue weighted by atomic mass is 9.94. The molecule has 1 atom stereocenters. The number of rotatable bonds is 3. The molecule has 0 spiro atoms. The Kier molecular flexibility index (Phi) is 4.47. The highest BCUT2D eigenvalue weighted by molar-refractivity contribution is 5.88. The van der Waals surface area contributed by atoms with E-state index in [0.717, 1.165) is 29.5 Å². The smallest absolute Gasteiger partial charge is 0.335 e. The van der Waals surface area contributed by atoms with Gasteiger partial charge in [0.25, 0.3) is 0 Å². The maximum Gasteiger partial charge on any atom is 0.335 e. The Morgan fingerprint density at radius 1 is 1.08 bits per heavy atom. The number of amides is 1. The second-order valence-corrected chi connectivity index (χ2v) is 6.87. The summed E-state index contributed by atoms with van der Waals surface area (Å²) >= 11 is 0. The first-order valence-corrected chi connectivity index (χ1v) is 8.94. The average Bonchev–Trinajstić information content (AvgIpc) is 2.67. The fraction of sp³-hybridized carbons (Fsp3) is 0.333. The molecular weight excluding hydrogens is 330 g/mol. The molecule has 1 unspecified atom stereocenters. The highest BCUT2D eigenvalue weighted by atomic mass is 16.5. The number of hydrogen-bond donors (Lipinski definition) is 1. The van der Waals surface area contributed by atoms with Gasteiger partial charge in [-0.1, -0.05) is 30.3 Å². The minimum atomic E-state index is -0.941. The van der Waals surface area contributed by atoms with Crippen molar-refractivity contribution < 1.29 is 19.4 Å². The number of nitrogens with zero attached hydrogens (tertiary/aromatic N) is 1. The van der Waals surface area contributed by atoms with Crippen LogP contribution in [0.25, 0.3) is 0 Å². The van der Waals surface area contributed by atoms with Gasteiger partial charge in [-0.3, -0.25) is 4.79 Å². The van der Waals surface area contributed by atoms with Gasteiger partial charge in [0.15, 0.2) is 0 Å². The molecule has 0 saturated carbocycles. The zero-order valence-electron chi connectivity index (χ0n) is 14.5. The highest BCUT2D eigenvalue weighted by Gasteiger charge is 2.27. The van der Waals surface area contributed by atoms with Crippen molar-refractivity contribution in [2.24, 2.45) is 0 Å². The van der Waals surface area contributed by atoms with Gasteiger partial charge in [0.05, 0.1) is 24.7 Å². The molecule has 1 amide bonds. The monoisotopic (exact) mass is 351 g/mol. The van der Waals surface area contributed by atoms with Crippen molar-refractivity contribution in [3.63, 3.8) is 0 Å². The first-order valence-electron chi connectivity index (χ1n) is 8.94. The van der Waals surface area contributed by atoms with Crippen molar-refractivity contribution in [3.8, 4) is 0 Å². The van der Waals surface area contributed by atoms with Crippen molar-refractivity contribution in [2.75, 3.05) is 13.2 Å². The molecule has 0 aromatic heterocycles. The van der Waals surface area contributed by atoms with Gasteiger partial charge < -0.3 is 14.7 Å². The van der Waals surface area contributed by atoms with Crippen molar-refractivity contribution in [1.82, 2.24) is 4.90 Å². The summed E-state index contributed by atoms with van der Waals surface area (Å²) < 4.78 is 5.86. The third kappa shape index (κ3) is 3.22. The van der Waals surface area contributed by atoms with E-state index < -0.39 is 5.97 Å². The van der Waals surface area contributed by atoms with Crippen LogP contribution < -0.4 is 0 Å². The van der Waals surface area contributed by atoms with Crippen LogP contribution in [-0.2, 0) is 28.9 Å². The normalized spacial score (nSPS) is 18.8. The Bertz CT molecular complexity index is 861. The number of hydrogen-bond acceptors (Lipinski definition) is 3. The first kappa shape index (κ1) is 16.8. The summed E-state index contributed by atoms with van der Waals surface area (Å²) in [7, 11) is 0. The maximum absolute atomic E-state index is 12.8. The van der Waals surface area contributed by atoms with Gasteiger partial charge in [0.1, 0.15) is 0 Å². The number of ether oxygens (including phenoxy) is 1. The molecule has 2 aromatic carbocycles. The SMILES string of the molecule is O=C(O)c1ccc2c(c1)CN(C(=O)CC1OCCc3ccccc31)CC2. The number of aromatic carboxylic acids is 1. The summed E-state index contributed by atoms with van der Waals surface area (Å²) in [5, 5.41) is 9.17. The quantitative estimate of drug-likeness (QED) is 0.923. The molecule has 2 aliphatic rings. The number of fused-ring (bicyclic) bond motifs is 2. The first-order chi connectivity index (χ1) is 12.6. The molecule has 5 nitrogen and oxygen atoms in total. The van der Waals surface area contributed by atoms with Gasteiger partial charge >= 0.3 is 5.97 Å². The Morgan fingerprint density at radius 3 is 2.77 bits per heavy atom. The summed E-state index contributed by atoms with van der Waals surface area (Å²) in [6.07, 6.45) is 1.77. The van der Waals surface area contributed by atoms with Crippen LogP contribution in [0.15, 0.2) is 42.5 Å². The van der Waals surface area contributed by atoms with Gasteiger partial charge in [-0.15, -0.1) is 0 Å². The summed E-state index contributed by atoms with van der Waals surface area (Å²) in [6, 6.07) is 13.3. The van der Waals surface area contributed by atoms with Crippen molar-refractivity contribution in [3.05, 3.63) is 70.3 Å². The molecule has 0 saturated heterocycles. The van der Waals surface area contributed by atoms with Gasteiger partial charge in [-0.05, 0) is 47.2 Å². The summed E-state index contributed by atoms with van der Waals surface area (Å²) in [4.78, 5) is 25.8. The van der Waals surface area contributed by atoms with Crippen LogP contribution >= 0.6 is 0 Å². The predicted molar refractivity (Wildman–Crippen MR) is 96.0 cm³/mol. The van der Waals surface area contributed by atoms with E-state index in [1.54, 1.807) is 12.1 Å². The Balaban J connectivity index is 1.48. The summed E-state index contributed by atoms with van der Waals surface area (Å²) in [5.41, 5.74) is 4.68. The number of carbonyl (C=O) groups is 2. The van der Waals surface area contributed by atoms with E-state index >= 15 is 0 Å². The Labute approximate surface area is 152 Å². The van der Waals surface area contributed by atoms with Crippen molar-refractivity contribution in [1.29, 1.82) is 0 Å². The van der Waals surface area contributed by atoms with Crippen LogP contribution in [0.5, 0.6) is 0 Å². The third-order valence-corrected chi connectivity index (χ3v) is 5.27. The van der Waals surface area contributed by atoms with Crippen LogP contribution in [-0.4, -0.2) is 35.0 Å². The maximum atomic E-state index is 12.8. The lowest BCUT2D eigenvalue weighted by molar-refractivity contribution is -0.135. The molecule has 2 aromatic rings. The zero-order valence-corrected chi connectivity index (χ0v) is 14.5. The van der Waals surface area contributed by atoms with Gasteiger partial charge in [0, 0.05) is 13.1 Å². The number of carbonyl (C=O) groups excluding carboxylic acids is 1. The Morgan fingerprint density at radius 2 is 1.92 bits per heavy atom. The molecule has 0 fully saturated rings. The topological polar surface area (TPSA) is 66.8 Å². The molecule has 2 aliphatic heterocycles. The van der Waals surface area contributed by atoms with E-state index in [1.165, 1.54) is 5.56 Å². The number of benzene rings is 2. The van der Waals surface area contributed by atoms with Crippen LogP contribution in [0.3, 0.4) is 0 Å². The summed E-state index contributed by atoms with van der Waals surface area (Å²) in [5.74, 6) is -0.887. The number of carboxylic acids is 1. The second kappa shape index (κ2) is 6.92. The molecule has 5 heteroatoms. The molecule has 134 valence electrons. The van der Waals surface area contributed by atoms with Gasteiger partial charge in [-0.25, -0.2) is 4.79 Å². The van der Waals surface area contributed by atoms with Crippen LogP contribution in [0, 0.1) is 0 Å². The largest absolute Gasteiger partial charge is 0.478 e. The zero-order chi connectivity index (χ0) is 18.1. The molecule has 0 bridgehead atoms. The fourth-order valence-corrected chi connectivity index (χ4v) is 3.84. The lowest BCUT2D eigenvalue weighted by Crippen LogP contribution is -2.37. The van der Waals surface area contributed by atoms with E-state index in [1.807, 2.05) is 29.2 Å². The molecule has 0 radical (unpaired) electrons. The van der Waals surface area contributed by atoms with Crippen LogP contribution in [0.1, 0.15) is 45.1 Å². The van der Waals surface area contributed by atoms with Crippen LogP contribution in [0.2, 0.25) is 0 Å². The third-order valence-electron chi connectivity index (χ3n) is 5.27. The molecule has 4 rings (SSSR count). The minimum Gasteiger partial charge on any atom is -0.478 e. The predicted octanol–water partition coefficient (Wildman–Crippen LogP) is 2.97. The van der Waals surface area contributed by atoms with Crippen molar-refractivity contribution in [2.45, 2.75) is 31.9 Å². The summed E-state index contributed by atoms with van der Waals surface area (Å²) in [6.45, 7) is 1.76. The molecule has 26 heavy (non-hydrogen) atoms. The second-order valence-electron chi connectivity index (χ2n) is 6.87. The standard InChI is InChI=1S/C21H21NO4/c23-20(12-19-18-4-2-1-3-15(18)8-10-26-19)22-9-7-14-5-6-16(21(24)25)11-17(14)13-22/h1-6,11,19H,7-10,12-13H2,(H,24,25). The van der Waals surface area contributed by atoms with Crippen molar-refractivity contribution >= 4 is 11.9 Å². The molecular formula is C21H21NO4.